The average Bonchev–Trinajstić information content (AvgIpc) is 2.73. The van der Waals surface area contributed by atoms with Crippen LogP contribution in [-0.4, -0.2) is 17.0 Å². The number of hydrogen-bond acceptors (Lipinski definition) is 5. The summed E-state index contributed by atoms with van der Waals surface area (Å²) < 4.78 is 0. The summed E-state index contributed by atoms with van der Waals surface area (Å²) in [5, 5.41) is 14.8. The van der Waals surface area contributed by atoms with Crippen molar-refractivity contribution < 1.29 is 9.72 Å². The number of benzene rings is 3. The van der Waals surface area contributed by atoms with Gasteiger partial charge in [0.1, 0.15) is 0 Å². The number of para-hydroxylation sites is 1. The second kappa shape index (κ2) is 9.48. The molecule has 140 valence electrons. The number of hydrogen-bond donors (Lipinski definition) is 1. The molecule has 0 aliphatic rings. The molecule has 0 fully saturated rings. The zero-order valence-electron chi connectivity index (χ0n) is 14.8. The predicted molar refractivity (Wildman–Crippen MR) is 111 cm³/mol. The van der Waals surface area contributed by atoms with Gasteiger partial charge >= 0.3 is 0 Å². The Kier molecular flexibility index (Phi) is 6.54. The van der Waals surface area contributed by atoms with E-state index in [0.717, 1.165) is 11.3 Å². The summed E-state index contributed by atoms with van der Waals surface area (Å²) in [6, 6.07) is 23.6. The summed E-state index contributed by atoms with van der Waals surface area (Å²) in [6.45, 7) is 0. The van der Waals surface area contributed by atoms with Crippen molar-refractivity contribution >= 4 is 29.6 Å². The summed E-state index contributed by atoms with van der Waals surface area (Å²) in [7, 11) is 0. The molecule has 0 heterocycles. The standard InChI is InChI=1S/C21H17N3O3S/c25-21(23-22-14-18-6-4-5-9-20(18)24(26)27)17-12-10-16(11-13-17)15-28-19-7-2-1-3-8-19/h1-14H,15H2,(H,23,25)/b22-14-. The Hall–Kier alpha value is -3.45. The highest BCUT2D eigenvalue weighted by Crippen LogP contribution is 2.22. The number of carbonyl (C=O) groups is 1. The third-order valence-electron chi connectivity index (χ3n) is 3.87. The number of nitro groups is 1. The number of nitro benzene ring substituents is 1. The second-order valence-electron chi connectivity index (χ2n) is 5.81. The molecule has 1 N–H and O–H groups in total. The fourth-order valence-corrected chi connectivity index (χ4v) is 3.30. The molecular formula is C21H17N3O3S. The summed E-state index contributed by atoms with van der Waals surface area (Å²) in [5.41, 5.74) is 4.22. The van der Waals surface area contributed by atoms with Crippen LogP contribution in [0.15, 0.2) is 88.9 Å². The Morgan fingerprint density at radius 3 is 2.39 bits per heavy atom. The molecule has 6 nitrogen and oxygen atoms in total. The van der Waals surface area contributed by atoms with E-state index in [4.69, 9.17) is 0 Å². The first-order valence-electron chi connectivity index (χ1n) is 8.47. The number of nitrogens with one attached hydrogen (secondary N) is 1. The molecule has 0 spiro atoms. The molecule has 0 saturated heterocycles. The SMILES string of the molecule is O=C(N/N=C\c1ccccc1[N+](=O)[O-])c1ccc(CSc2ccccc2)cc1. The first-order valence-corrected chi connectivity index (χ1v) is 9.45. The maximum atomic E-state index is 12.2. The largest absolute Gasteiger partial charge is 0.278 e. The molecule has 3 aromatic carbocycles. The Balaban J connectivity index is 1.57. The molecule has 0 aromatic heterocycles. The third kappa shape index (κ3) is 5.28. The zero-order valence-corrected chi connectivity index (χ0v) is 15.6. The van der Waals surface area contributed by atoms with Crippen LogP contribution in [0.4, 0.5) is 5.69 Å². The highest BCUT2D eigenvalue weighted by atomic mass is 32.2. The molecule has 0 saturated carbocycles. The van der Waals surface area contributed by atoms with Crippen LogP contribution in [0.2, 0.25) is 0 Å². The van der Waals surface area contributed by atoms with Crippen molar-refractivity contribution in [1.82, 2.24) is 5.43 Å². The van der Waals surface area contributed by atoms with Gasteiger partial charge in [0.25, 0.3) is 11.6 Å². The van der Waals surface area contributed by atoms with E-state index in [-0.39, 0.29) is 11.6 Å². The molecule has 0 radical (unpaired) electrons. The number of thioether (sulfide) groups is 1. The molecule has 0 atom stereocenters. The zero-order chi connectivity index (χ0) is 19.8. The molecule has 1 amide bonds. The van der Waals surface area contributed by atoms with Crippen LogP contribution in [0.3, 0.4) is 0 Å². The molecular weight excluding hydrogens is 374 g/mol. The van der Waals surface area contributed by atoms with Gasteiger partial charge in [-0.3, -0.25) is 14.9 Å². The predicted octanol–water partition coefficient (Wildman–Crippen LogP) is 4.65. The van der Waals surface area contributed by atoms with Gasteiger partial charge in [-0.2, -0.15) is 5.10 Å². The number of nitrogens with zero attached hydrogens (tertiary/aromatic N) is 2. The van der Waals surface area contributed by atoms with E-state index < -0.39 is 4.92 Å². The van der Waals surface area contributed by atoms with Gasteiger partial charge in [0.15, 0.2) is 0 Å². The minimum atomic E-state index is -0.491. The normalized spacial score (nSPS) is 10.7. The molecule has 3 aromatic rings. The molecule has 3 rings (SSSR count). The summed E-state index contributed by atoms with van der Waals surface area (Å²) in [4.78, 5) is 23.8. The van der Waals surface area contributed by atoms with E-state index in [1.54, 1.807) is 42.1 Å². The Morgan fingerprint density at radius 2 is 1.68 bits per heavy atom. The van der Waals surface area contributed by atoms with Gasteiger partial charge in [-0.05, 0) is 35.9 Å². The minimum absolute atomic E-state index is 0.0687. The van der Waals surface area contributed by atoms with Crippen LogP contribution in [0, 0.1) is 10.1 Å². The quantitative estimate of drug-likeness (QED) is 0.275. The van der Waals surface area contributed by atoms with Gasteiger partial charge in [-0.25, -0.2) is 5.43 Å². The highest BCUT2D eigenvalue weighted by molar-refractivity contribution is 7.98. The van der Waals surface area contributed by atoms with Gasteiger partial charge in [-0.1, -0.05) is 42.5 Å². The van der Waals surface area contributed by atoms with Crippen LogP contribution in [0.25, 0.3) is 0 Å². The summed E-state index contributed by atoms with van der Waals surface area (Å²) in [6.07, 6.45) is 1.26. The Bertz CT molecular complexity index is 989. The van der Waals surface area contributed by atoms with Crippen molar-refractivity contribution in [2.75, 3.05) is 0 Å². The lowest BCUT2D eigenvalue weighted by atomic mass is 10.1. The Labute approximate surface area is 166 Å². The van der Waals surface area contributed by atoms with Crippen molar-refractivity contribution in [3.05, 3.63) is 106 Å². The first-order chi connectivity index (χ1) is 13.6. The van der Waals surface area contributed by atoms with Crippen molar-refractivity contribution in [2.45, 2.75) is 10.6 Å². The maximum Gasteiger partial charge on any atom is 0.278 e. The van der Waals surface area contributed by atoms with E-state index in [1.165, 1.54) is 17.2 Å². The fraction of sp³-hybridized carbons (Fsp3) is 0.0476. The summed E-state index contributed by atoms with van der Waals surface area (Å²) in [5.74, 6) is 0.430. The van der Waals surface area contributed by atoms with Gasteiger partial charge in [0.2, 0.25) is 0 Å². The van der Waals surface area contributed by atoms with Crippen LogP contribution < -0.4 is 5.43 Å². The highest BCUT2D eigenvalue weighted by Gasteiger charge is 2.10. The smallest absolute Gasteiger partial charge is 0.267 e. The topological polar surface area (TPSA) is 84.6 Å². The number of carbonyl (C=O) groups excluding carboxylic acids is 1. The molecule has 28 heavy (non-hydrogen) atoms. The van der Waals surface area contributed by atoms with Crippen molar-refractivity contribution in [3.8, 4) is 0 Å². The number of rotatable bonds is 7. The lowest BCUT2D eigenvalue weighted by Gasteiger charge is -2.04. The molecule has 0 aliphatic heterocycles. The van der Waals surface area contributed by atoms with Gasteiger partial charge in [0, 0.05) is 22.3 Å². The fourth-order valence-electron chi connectivity index (χ4n) is 2.42. The van der Waals surface area contributed by atoms with E-state index in [9.17, 15) is 14.9 Å². The van der Waals surface area contributed by atoms with E-state index >= 15 is 0 Å². The van der Waals surface area contributed by atoms with Crippen LogP contribution in [0.1, 0.15) is 21.5 Å². The Morgan fingerprint density at radius 1 is 1.00 bits per heavy atom. The van der Waals surface area contributed by atoms with Crippen molar-refractivity contribution in [2.24, 2.45) is 5.10 Å². The maximum absolute atomic E-state index is 12.2. The van der Waals surface area contributed by atoms with E-state index in [2.05, 4.69) is 22.7 Å². The number of amides is 1. The van der Waals surface area contributed by atoms with Gasteiger partial charge in [-0.15, -0.1) is 11.8 Å². The molecule has 0 aliphatic carbocycles. The first kappa shape index (κ1) is 19.3. The molecule has 0 unspecified atom stereocenters. The van der Waals surface area contributed by atoms with Crippen LogP contribution in [0.5, 0.6) is 0 Å². The summed E-state index contributed by atoms with van der Waals surface area (Å²) >= 11 is 1.72. The minimum Gasteiger partial charge on any atom is -0.267 e. The third-order valence-corrected chi connectivity index (χ3v) is 4.95. The van der Waals surface area contributed by atoms with E-state index in [1.807, 2.05) is 30.3 Å². The average molecular weight is 391 g/mol. The molecule has 7 heteroatoms. The monoisotopic (exact) mass is 391 g/mol. The van der Waals surface area contributed by atoms with Crippen LogP contribution in [-0.2, 0) is 5.75 Å². The van der Waals surface area contributed by atoms with Crippen molar-refractivity contribution in [3.63, 3.8) is 0 Å². The second-order valence-corrected chi connectivity index (χ2v) is 6.86. The van der Waals surface area contributed by atoms with Gasteiger partial charge in [0.05, 0.1) is 16.7 Å². The lowest BCUT2D eigenvalue weighted by Crippen LogP contribution is -2.17. The lowest BCUT2D eigenvalue weighted by molar-refractivity contribution is -0.385. The van der Waals surface area contributed by atoms with Crippen molar-refractivity contribution in [1.29, 1.82) is 0 Å². The number of hydrazone groups is 1. The van der Waals surface area contributed by atoms with E-state index in [0.29, 0.717) is 11.1 Å². The van der Waals surface area contributed by atoms with Crippen LogP contribution >= 0.6 is 11.8 Å². The molecule has 0 bridgehead atoms. The van der Waals surface area contributed by atoms with Gasteiger partial charge < -0.3 is 0 Å².